The lowest BCUT2D eigenvalue weighted by Crippen LogP contribution is -2.43. The number of thiophene rings is 1. The normalized spacial score (nSPS) is 17.7. The highest BCUT2D eigenvalue weighted by atomic mass is 32.1. The molecular weight excluding hydrogens is 298 g/mol. The van der Waals surface area contributed by atoms with Gasteiger partial charge >= 0.3 is 0 Å². The molecule has 0 radical (unpaired) electrons. The van der Waals surface area contributed by atoms with Gasteiger partial charge in [-0.15, -0.1) is 11.3 Å². The molecule has 1 aliphatic heterocycles. The summed E-state index contributed by atoms with van der Waals surface area (Å²) in [6.07, 6.45) is 4.43. The quantitative estimate of drug-likeness (QED) is 0.917. The molecule has 0 saturated carbocycles. The van der Waals surface area contributed by atoms with Crippen LogP contribution in [-0.4, -0.2) is 27.7 Å². The fraction of sp³-hybridized carbons (Fsp3) is 0.312. The van der Waals surface area contributed by atoms with Gasteiger partial charge in [0, 0.05) is 30.2 Å². The molecule has 0 aliphatic carbocycles. The van der Waals surface area contributed by atoms with Crippen LogP contribution in [0, 0.1) is 0 Å². The van der Waals surface area contributed by atoms with Gasteiger partial charge in [0.1, 0.15) is 6.04 Å². The number of aromatic nitrogens is 1. The second kappa shape index (κ2) is 6.70. The molecule has 2 aromatic heterocycles. The SMILES string of the molecule is O=C(NCc1ccncc1)C1CCC(=O)N1Cc1cccs1. The minimum absolute atomic E-state index is 0.0532. The Morgan fingerprint density at radius 1 is 1.36 bits per heavy atom. The number of likely N-dealkylation sites (tertiary alicyclic amines) is 1. The average molecular weight is 315 g/mol. The third-order valence-corrected chi connectivity index (χ3v) is 4.61. The summed E-state index contributed by atoms with van der Waals surface area (Å²) in [7, 11) is 0. The van der Waals surface area contributed by atoms with Gasteiger partial charge in [0.05, 0.1) is 6.54 Å². The Kier molecular flexibility index (Phi) is 4.48. The molecule has 1 fully saturated rings. The first-order valence-corrected chi connectivity index (χ1v) is 8.10. The summed E-state index contributed by atoms with van der Waals surface area (Å²) < 4.78 is 0. The van der Waals surface area contributed by atoms with Crippen molar-refractivity contribution >= 4 is 23.2 Å². The molecule has 0 spiro atoms. The lowest BCUT2D eigenvalue weighted by atomic mass is 10.2. The lowest BCUT2D eigenvalue weighted by molar-refractivity contribution is -0.135. The number of amides is 2. The molecule has 1 saturated heterocycles. The minimum atomic E-state index is -0.364. The highest BCUT2D eigenvalue weighted by molar-refractivity contribution is 7.09. The van der Waals surface area contributed by atoms with Crippen LogP contribution in [0.2, 0.25) is 0 Å². The first-order chi connectivity index (χ1) is 10.7. The van der Waals surface area contributed by atoms with Crippen molar-refractivity contribution in [2.75, 3.05) is 0 Å². The Labute approximate surface area is 133 Å². The standard InChI is InChI=1S/C16H17N3O2S/c20-15-4-3-14(19(15)11-13-2-1-9-22-13)16(21)18-10-12-5-7-17-8-6-12/h1-2,5-9,14H,3-4,10-11H2,(H,18,21). The second-order valence-electron chi connectivity index (χ2n) is 5.23. The average Bonchev–Trinajstić information content (AvgIpc) is 3.17. The third-order valence-electron chi connectivity index (χ3n) is 3.75. The highest BCUT2D eigenvalue weighted by Crippen LogP contribution is 2.23. The van der Waals surface area contributed by atoms with Crippen molar-refractivity contribution in [2.45, 2.75) is 32.0 Å². The first-order valence-electron chi connectivity index (χ1n) is 7.22. The molecule has 3 rings (SSSR count). The third kappa shape index (κ3) is 3.33. The van der Waals surface area contributed by atoms with Crippen LogP contribution >= 0.6 is 11.3 Å². The number of hydrogen-bond acceptors (Lipinski definition) is 4. The molecule has 5 nitrogen and oxygen atoms in total. The Bertz CT molecular complexity index is 643. The smallest absolute Gasteiger partial charge is 0.243 e. The molecule has 2 amide bonds. The summed E-state index contributed by atoms with van der Waals surface area (Å²) in [5.74, 6) is -0.0309. The topological polar surface area (TPSA) is 62.3 Å². The summed E-state index contributed by atoms with van der Waals surface area (Å²) in [6.45, 7) is 0.975. The predicted octanol–water partition coefficient (Wildman–Crippen LogP) is 1.95. The molecule has 1 aliphatic rings. The number of nitrogens with one attached hydrogen (secondary N) is 1. The zero-order valence-electron chi connectivity index (χ0n) is 12.1. The van der Waals surface area contributed by atoms with Gasteiger partial charge in [-0.25, -0.2) is 0 Å². The maximum Gasteiger partial charge on any atom is 0.243 e. The molecule has 0 bridgehead atoms. The summed E-state index contributed by atoms with van der Waals surface area (Å²) >= 11 is 1.60. The van der Waals surface area contributed by atoms with Gasteiger partial charge in [-0.3, -0.25) is 14.6 Å². The summed E-state index contributed by atoms with van der Waals surface area (Å²) in [5, 5.41) is 4.89. The lowest BCUT2D eigenvalue weighted by Gasteiger charge is -2.23. The van der Waals surface area contributed by atoms with Crippen LogP contribution in [0.5, 0.6) is 0 Å². The van der Waals surface area contributed by atoms with Crippen LogP contribution in [-0.2, 0) is 22.7 Å². The largest absolute Gasteiger partial charge is 0.350 e. The van der Waals surface area contributed by atoms with Crippen LogP contribution in [0.15, 0.2) is 42.0 Å². The summed E-state index contributed by atoms with van der Waals surface area (Å²) in [6, 6.07) is 7.31. The van der Waals surface area contributed by atoms with E-state index in [0.717, 1.165) is 10.4 Å². The van der Waals surface area contributed by atoms with Gasteiger partial charge in [-0.1, -0.05) is 6.07 Å². The minimum Gasteiger partial charge on any atom is -0.350 e. The van der Waals surface area contributed by atoms with Gasteiger partial charge in [0.25, 0.3) is 0 Å². The molecule has 0 aromatic carbocycles. The van der Waals surface area contributed by atoms with Gasteiger partial charge in [-0.2, -0.15) is 0 Å². The zero-order chi connectivity index (χ0) is 15.4. The van der Waals surface area contributed by atoms with E-state index < -0.39 is 0 Å². The van der Waals surface area contributed by atoms with Crippen LogP contribution in [0.3, 0.4) is 0 Å². The first kappa shape index (κ1) is 14.7. The fourth-order valence-electron chi connectivity index (χ4n) is 2.58. The number of rotatable bonds is 5. The van der Waals surface area contributed by atoms with E-state index in [9.17, 15) is 9.59 Å². The van der Waals surface area contributed by atoms with E-state index in [1.807, 2.05) is 29.6 Å². The highest BCUT2D eigenvalue weighted by Gasteiger charge is 2.35. The van der Waals surface area contributed by atoms with E-state index in [4.69, 9.17) is 0 Å². The van der Waals surface area contributed by atoms with Crippen molar-refractivity contribution in [3.63, 3.8) is 0 Å². The summed E-state index contributed by atoms with van der Waals surface area (Å²) in [4.78, 5) is 31.2. The van der Waals surface area contributed by atoms with Crippen molar-refractivity contribution < 1.29 is 9.59 Å². The fourth-order valence-corrected chi connectivity index (χ4v) is 3.29. The van der Waals surface area contributed by atoms with Gasteiger partial charge < -0.3 is 10.2 Å². The number of carbonyl (C=O) groups excluding carboxylic acids is 2. The molecular formula is C16H17N3O2S. The van der Waals surface area contributed by atoms with Crippen molar-refractivity contribution in [1.82, 2.24) is 15.2 Å². The maximum atomic E-state index is 12.4. The number of nitrogens with zero attached hydrogens (tertiary/aromatic N) is 2. The molecule has 1 unspecified atom stereocenters. The molecule has 6 heteroatoms. The predicted molar refractivity (Wildman–Crippen MR) is 84.0 cm³/mol. The monoisotopic (exact) mass is 315 g/mol. The van der Waals surface area contributed by atoms with E-state index in [2.05, 4.69) is 10.3 Å². The maximum absolute atomic E-state index is 12.4. The number of carbonyl (C=O) groups is 2. The molecule has 22 heavy (non-hydrogen) atoms. The summed E-state index contributed by atoms with van der Waals surface area (Å²) in [5.41, 5.74) is 0.998. The molecule has 1 N–H and O–H groups in total. The Hall–Kier alpha value is -2.21. The van der Waals surface area contributed by atoms with E-state index in [1.165, 1.54) is 0 Å². The number of pyridine rings is 1. The Morgan fingerprint density at radius 3 is 2.91 bits per heavy atom. The second-order valence-corrected chi connectivity index (χ2v) is 6.26. The van der Waals surface area contributed by atoms with E-state index >= 15 is 0 Å². The Morgan fingerprint density at radius 2 is 2.18 bits per heavy atom. The van der Waals surface area contributed by atoms with Crippen LogP contribution < -0.4 is 5.32 Å². The van der Waals surface area contributed by atoms with Gasteiger partial charge in [-0.05, 0) is 35.6 Å². The number of hydrogen-bond donors (Lipinski definition) is 1. The molecule has 1 atom stereocenters. The molecule has 3 heterocycles. The van der Waals surface area contributed by atoms with Gasteiger partial charge in [0.2, 0.25) is 11.8 Å². The zero-order valence-corrected chi connectivity index (χ0v) is 12.9. The Balaban J connectivity index is 1.61. The van der Waals surface area contributed by atoms with Crippen molar-refractivity contribution in [1.29, 1.82) is 0 Å². The van der Waals surface area contributed by atoms with E-state index in [0.29, 0.717) is 25.9 Å². The van der Waals surface area contributed by atoms with E-state index in [1.54, 1.807) is 28.6 Å². The molecule has 2 aromatic rings. The van der Waals surface area contributed by atoms with Crippen molar-refractivity contribution in [2.24, 2.45) is 0 Å². The van der Waals surface area contributed by atoms with E-state index in [-0.39, 0.29) is 17.9 Å². The van der Waals surface area contributed by atoms with Crippen molar-refractivity contribution in [3.8, 4) is 0 Å². The van der Waals surface area contributed by atoms with Crippen LogP contribution in [0.4, 0.5) is 0 Å². The van der Waals surface area contributed by atoms with Gasteiger partial charge in [0.15, 0.2) is 0 Å². The molecule has 114 valence electrons. The van der Waals surface area contributed by atoms with Crippen LogP contribution in [0.25, 0.3) is 0 Å². The van der Waals surface area contributed by atoms with Crippen molar-refractivity contribution in [3.05, 3.63) is 52.5 Å². The van der Waals surface area contributed by atoms with Crippen LogP contribution in [0.1, 0.15) is 23.3 Å².